The topological polar surface area (TPSA) is 132 Å². The van der Waals surface area contributed by atoms with Crippen LogP contribution in [0.1, 0.15) is 12.8 Å². The Balaban J connectivity index is 1.24. The molecule has 0 amide bonds. The molecule has 2 aromatic heterocycles. The number of halogens is 4. The average Bonchev–Trinajstić information content (AvgIpc) is 3.06. The van der Waals surface area contributed by atoms with Crippen molar-refractivity contribution in [2.45, 2.75) is 25.2 Å². The summed E-state index contributed by atoms with van der Waals surface area (Å²) in [5, 5.41) is 5.49. The number of piperazine rings is 1. The molecule has 0 radical (unpaired) electrons. The zero-order chi connectivity index (χ0) is 34.9. The number of piperidine rings is 1. The van der Waals surface area contributed by atoms with Crippen LogP contribution in [0.3, 0.4) is 0 Å². The summed E-state index contributed by atoms with van der Waals surface area (Å²) in [4.78, 5) is 23.4. The third-order valence-corrected chi connectivity index (χ3v) is 9.92. The molecule has 49 heavy (non-hydrogen) atoms. The second-order valence-electron chi connectivity index (χ2n) is 12.0. The van der Waals surface area contributed by atoms with Crippen molar-refractivity contribution in [3.05, 3.63) is 54.7 Å². The van der Waals surface area contributed by atoms with Gasteiger partial charge >= 0.3 is 6.36 Å². The van der Waals surface area contributed by atoms with Gasteiger partial charge in [0.15, 0.2) is 17.4 Å². The van der Waals surface area contributed by atoms with Crippen LogP contribution in [0, 0.1) is 5.82 Å². The highest BCUT2D eigenvalue weighted by molar-refractivity contribution is 7.92. The summed E-state index contributed by atoms with van der Waals surface area (Å²) in [5.74, 6) is -2.02. The zero-order valence-electron chi connectivity index (χ0n) is 27.1. The predicted molar refractivity (Wildman–Crippen MR) is 179 cm³/mol. The van der Waals surface area contributed by atoms with E-state index < -0.39 is 28.0 Å². The van der Waals surface area contributed by atoms with Crippen LogP contribution in [0.25, 0.3) is 11.0 Å². The number of alkyl halides is 3. The van der Waals surface area contributed by atoms with E-state index in [1.807, 2.05) is 4.90 Å². The fourth-order valence-electron chi connectivity index (χ4n) is 6.07. The van der Waals surface area contributed by atoms with Gasteiger partial charge in [-0.25, -0.2) is 17.8 Å². The van der Waals surface area contributed by atoms with Crippen LogP contribution in [0.15, 0.2) is 48.9 Å². The van der Waals surface area contributed by atoms with Gasteiger partial charge in [0.05, 0.1) is 29.3 Å². The summed E-state index contributed by atoms with van der Waals surface area (Å²) in [5.41, 5.74) is 1.32. The minimum Gasteiger partial charge on any atom is -0.403 e. The smallest absolute Gasteiger partial charge is 0.403 e. The number of sulfonamides is 1. The number of anilines is 6. The first kappa shape index (κ1) is 34.3. The van der Waals surface area contributed by atoms with Crippen molar-refractivity contribution in [1.82, 2.24) is 29.7 Å². The van der Waals surface area contributed by atoms with E-state index in [4.69, 9.17) is 0 Å². The molecular weight excluding hydrogens is 668 g/mol. The van der Waals surface area contributed by atoms with Crippen LogP contribution in [-0.4, -0.2) is 110 Å². The minimum atomic E-state index is -4.99. The Hall–Kier alpha value is -4.55. The number of nitrogens with zero attached hydrogens (tertiary/aromatic N) is 8. The van der Waals surface area contributed by atoms with Gasteiger partial charge in [0.25, 0.3) is 0 Å². The molecule has 6 rings (SSSR count). The number of likely N-dealkylation sites (N-methyl/N-ethyl adjacent to an activating group) is 1. The van der Waals surface area contributed by atoms with E-state index in [1.54, 1.807) is 12.1 Å². The molecule has 13 nitrogen and oxygen atoms in total. The maximum Gasteiger partial charge on any atom is 0.573 e. The summed E-state index contributed by atoms with van der Waals surface area (Å²) < 4.78 is 86.1. The van der Waals surface area contributed by atoms with Crippen LogP contribution < -0.4 is 24.6 Å². The number of rotatable bonds is 9. The summed E-state index contributed by atoms with van der Waals surface area (Å²) in [6.07, 6.45) is 1.47. The lowest BCUT2D eigenvalue weighted by atomic mass is 10.0. The molecule has 2 fully saturated rings. The van der Waals surface area contributed by atoms with Crippen LogP contribution in [-0.2, 0) is 10.0 Å². The molecule has 2 aliphatic heterocycles. The molecule has 0 bridgehead atoms. The monoisotopic (exact) mass is 704 g/mol. The fourth-order valence-corrected chi connectivity index (χ4v) is 6.58. The second kappa shape index (κ2) is 13.8. The lowest BCUT2D eigenvalue weighted by Crippen LogP contribution is -2.52. The third kappa shape index (κ3) is 8.02. The normalized spacial score (nSPS) is 16.9. The Labute approximate surface area is 281 Å². The van der Waals surface area contributed by atoms with E-state index in [1.165, 1.54) is 37.6 Å². The van der Waals surface area contributed by atoms with Gasteiger partial charge in [-0.1, -0.05) is 0 Å². The van der Waals surface area contributed by atoms with Crippen LogP contribution in [0.4, 0.5) is 52.1 Å². The van der Waals surface area contributed by atoms with Gasteiger partial charge in [0, 0.05) is 76.5 Å². The van der Waals surface area contributed by atoms with Crippen molar-refractivity contribution < 1.29 is 30.7 Å². The molecule has 0 aliphatic carbocycles. The van der Waals surface area contributed by atoms with Crippen LogP contribution in [0.2, 0.25) is 0 Å². The zero-order valence-corrected chi connectivity index (χ0v) is 27.9. The third-order valence-electron chi connectivity index (χ3n) is 8.74. The highest BCUT2D eigenvalue weighted by atomic mass is 32.2. The van der Waals surface area contributed by atoms with Gasteiger partial charge < -0.3 is 25.2 Å². The Morgan fingerprint density at radius 2 is 1.63 bits per heavy atom. The van der Waals surface area contributed by atoms with Gasteiger partial charge in [-0.3, -0.25) is 19.2 Å². The first-order valence-electron chi connectivity index (χ1n) is 15.6. The van der Waals surface area contributed by atoms with Crippen molar-refractivity contribution >= 4 is 55.6 Å². The number of ether oxygens (including phenoxy) is 1. The van der Waals surface area contributed by atoms with E-state index in [0.29, 0.717) is 30.3 Å². The van der Waals surface area contributed by atoms with Gasteiger partial charge in [-0.05, 0) is 44.2 Å². The van der Waals surface area contributed by atoms with Crippen molar-refractivity contribution in [2.24, 2.45) is 0 Å². The molecule has 0 unspecified atom stereocenters. The Kier molecular flexibility index (Phi) is 9.63. The van der Waals surface area contributed by atoms with Gasteiger partial charge in [-0.15, -0.1) is 13.2 Å². The van der Waals surface area contributed by atoms with Gasteiger partial charge in [0.1, 0.15) is 11.2 Å². The number of benzene rings is 2. The number of hydrogen-bond donors (Lipinski definition) is 2. The predicted octanol–water partition coefficient (Wildman–Crippen LogP) is 4.56. The lowest BCUT2D eigenvalue weighted by molar-refractivity contribution is -0.274. The minimum absolute atomic E-state index is 0.0876. The average molecular weight is 705 g/mol. The fraction of sp³-hybridized carbons (Fsp3) is 0.419. The highest BCUT2D eigenvalue weighted by Crippen LogP contribution is 2.38. The standard InChI is InChI=1S/C31H36F4N10O3S/c1-42-14-16-45(17-15-42)20-8-12-44(13-9-20)21-4-5-23(26(18-21)48-31(33,34)35)40-30-38-19-22(32)29(41-30)39-25-7-6-24-27(37-11-10-36-24)28(25)43(2)49(3,46)47/h4-7,10-11,18-20H,8-9,12-17H2,1-3H3,(H2,38,39,40,41). The van der Waals surface area contributed by atoms with Crippen LogP contribution in [0.5, 0.6) is 5.75 Å². The molecule has 2 N–H and O–H groups in total. The van der Waals surface area contributed by atoms with Gasteiger partial charge in [-0.2, -0.15) is 4.98 Å². The number of nitrogens with one attached hydrogen (secondary N) is 2. The van der Waals surface area contributed by atoms with Crippen molar-refractivity contribution in [3.8, 4) is 5.75 Å². The molecule has 0 spiro atoms. The number of hydrogen-bond acceptors (Lipinski definition) is 12. The highest BCUT2D eigenvalue weighted by Gasteiger charge is 2.33. The Bertz CT molecular complexity index is 1920. The van der Waals surface area contributed by atoms with Crippen molar-refractivity contribution in [2.75, 3.05) is 79.5 Å². The number of fused-ring (bicyclic) bond motifs is 1. The maximum atomic E-state index is 15.0. The summed E-state index contributed by atoms with van der Waals surface area (Å²) in [6, 6.07) is 7.93. The van der Waals surface area contributed by atoms with Crippen LogP contribution >= 0.6 is 0 Å². The van der Waals surface area contributed by atoms with E-state index in [0.717, 1.165) is 55.8 Å². The molecule has 0 atom stereocenters. The Morgan fingerprint density at radius 1 is 0.939 bits per heavy atom. The molecule has 2 aromatic carbocycles. The molecule has 262 valence electrons. The molecular formula is C31H36F4N10O3S. The molecule has 4 aromatic rings. The molecule has 0 saturated carbocycles. The molecule has 2 saturated heterocycles. The molecule has 2 aliphatic rings. The summed E-state index contributed by atoms with van der Waals surface area (Å²) in [7, 11) is -0.366. The Morgan fingerprint density at radius 3 is 2.33 bits per heavy atom. The van der Waals surface area contributed by atoms with Crippen molar-refractivity contribution in [1.29, 1.82) is 0 Å². The van der Waals surface area contributed by atoms with Crippen molar-refractivity contribution in [3.63, 3.8) is 0 Å². The summed E-state index contributed by atoms with van der Waals surface area (Å²) >= 11 is 0. The van der Waals surface area contributed by atoms with Gasteiger partial charge in [0.2, 0.25) is 16.0 Å². The molecule has 4 heterocycles. The summed E-state index contributed by atoms with van der Waals surface area (Å²) in [6.45, 7) is 5.41. The first-order valence-corrected chi connectivity index (χ1v) is 17.4. The first-order chi connectivity index (χ1) is 23.2. The van der Waals surface area contributed by atoms with E-state index in [9.17, 15) is 21.6 Å². The maximum absolute atomic E-state index is 15.0. The SMILES string of the molecule is CN1CCN(C2CCN(c3ccc(Nc4ncc(F)c(Nc5ccc6nccnc6c5N(C)S(C)(=O)=O)n4)c(OC(F)(F)F)c3)CC2)CC1. The quantitative estimate of drug-likeness (QED) is 0.237. The second-order valence-corrected chi connectivity index (χ2v) is 14.1. The van der Waals surface area contributed by atoms with E-state index >= 15 is 4.39 Å². The lowest BCUT2D eigenvalue weighted by Gasteiger charge is -2.42. The largest absolute Gasteiger partial charge is 0.573 e. The van der Waals surface area contributed by atoms with E-state index in [-0.39, 0.29) is 34.3 Å². The number of aromatic nitrogens is 4. The molecule has 18 heteroatoms. The van der Waals surface area contributed by atoms with E-state index in [2.05, 4.69) is 52.2 Å².